The Morgan fingerprint density at radius 2 is 1.92 bits per heavy atom. The molecule has 1 fully saturated rings. The molecule has 1 aliphatic heterocycles. The third-order valence-electron chi connectivity index (χ3n) is 5.30. The minimum Gasteiger partial charge on any atom is -0.349 e. The Labute approximate surface area is 148 Å². The van der Waals surface area contributed by atoms with Gasteiger partial charge in [-0.2, -0.15) is 0 Å². The van der Waals surface area contributed by atoms with Gasteiger partial charge in [0.15, 0.2) is 0 Å². The van der Waals surface area contributed by atoms with Crippen LogP contribution in [0.1, 0.15) is 49.9 Å². The van der Waals surface area contributed by atoms with E-state index in [1.807, 2.05) is 13.8 Å². The van der Waals surface area contributed by atoms with Crippen molar-refractivity contribution in [2.24, 2.45) is 11.7 Å². The Morgan fingerprint density at radius 3 is 2.48 bits per heavy atom. The maximum atomic E-state index is 13.0. The van der Waals surface area contributed by atoms with E-state index in [9.17, 15) is 14.0 Å². The number of nitrogens with one attached hydrogen (secondary N) is 1. The summed E-state index contributed by atoms with van der Waals surface area (Å²) in [5.41, 5.74) is 5.93. The summed E-state index contributed by atoms with van der Waals surface area (Å²) >= 11 is 0. The summed E-state index contributed by atoms with van der Waals surface area (Å²) in [6, 6.07) is 5.52. The van der Waals surface area contributed by atoms with Crippen molar-refractivity contribution in [3.05, 3.63) is 35.6 Å². The van der Waals surface area contributed by atoms with Crippen LogP contribution in [-0.4, -0.2) is 41.9 Å². The number of halogens is 1. The highest BCUT2D eigenvalue weighted by Gasteiger charge is 2.33. The summed E-state index contributed by atoms with van der Waals surface area (Å²) in [5, 5.41) is 3.10. The molecule has 138 valence electrons. The molecule has 2 rings (SSSR count). The number of likely N-dealkylation sites (tertiary alicyclic amines) is 1. The zero-order chi connectivity index (χ0) is 18.4. The number of nitrogens with zero attached hydrogens (tertiary/aromatic N) is 1. The number of benzene rings is 1. The van der Waals surface area contributed by atoms with Gasteiger partial charge in [0.05, 0.1) is 11.5 Å². The number of nitrogens with two attached hydrogens (primary N) is 1. The molecule has 0 saturated carbocycles. The van der Waals surface area contributed by atoms with E-state index in [2.05, 4.69) is 5.32 Å². The number of piperidine rings is 1. The fourth-order valence-corrected chi connectivity index (χ4v) is 3.28. The summed E-state index contributed by atoms with van der Waals surface area (Å²) in [6.07, 6.45) is 3.08. The van der Waals surface area contributed by atoms with Crippen LogP contribution in [0.5, 0.6) is 0 Å². The van der Waals surface area contributed by atoms with Crippen molar-refractivity contribution in [1.82, 2.24) is 10.2 Å². The average Bonchev–Trinajstić information content (AvgIpc) is 2.66. The number of amides is 2. The Hall–Kier alpha value is -1.95. The van der Waals surface area contributed by atoms with E-state index in [0.717, 1.165) is 25.7 Å². The summed E-state index contributed by atoms with van der Waals surface area (Å²) in [6.45, 7) is 5.43. The van der Waals surface area contributed by atoms with E-state index >= 15 is 0 Å². The number of carbonyl (C=O) groups excluding carboxylic acids is 2. The van der Waals surface area contributed by atoms with Gasteiger partial charge in [0.25, 0.3) is 5.91 Å². The van der Waals surface area contributed by atoms with Crippen LogP contribution in [0.15, 0.2) is 24.3 Å². The maximum Gasteiger partial charge on any atom is 0.253 e. The number of carbonyl (C=O) groups is 2. The van der Waals surface area contributed by atoms with Gasteiger partial charge < -0.3 is 16.0 Å². The molecule has 0 aliphatic carbocycles. The summed E-state index contributed by atoms with van der Waals surface area (Å²) in [7, 11) is 0. The second kappa shape index (κ2) is 8.43. The van der Waals surface area contributed by atoms with Crippen LogP contribution < -0.4 is 11.1 Å². The first kappa shape index (κ1) is 19.4. The summed E-state index contributed by atoms with van der Waals surface area (Å²) < 4.78 is 13.0. The third-order valence-corrected chi connectivity index (χ3v) is 5.30. The highest BCUT2D eigenvalue weighted by atomic mass is 19.1. The van der Waals surface area contributed by atoms with Gasteiger partial charge in [0, 0.05) is 25.2 Å². The maximum absolute atomic E-state index is 13.0. The minimum atomic E-state index is -0.375. The Balaban J connectivity index is 2.03. The summed E-state index contributed by atoms with van der Waals surface area (Å²) in [5.74, 6) is -0.800. The third kappa shape index (κ3) is 4.57. The molecule has 0 bridgehead atoms. The molecule has 0 aromatic heterocycles. The van der Waals surface area contributed by atoms with Gasteiger partial charge in [0.2, 0.25) is 5.91 Å². The van der Waals surface area contributed by atoms with Crippen LogP contribution in [0.4, 0.5) is 4.39 Å². The predicted molar refractivity (Wildman–Crippen MR) is 95.5 cm³/mol. The van der Waals surface area contributed by atoms with Gasteiger partial charge in [-0.1, -0.05) is 13.8 Å². The molecule has 0 spiro atoms. The van der Waals surface area contributed by atoms with Crippen LogP contribution in [-0.2, 0) is 4.79 Å². The lowest BCUT2D eigenvalue weighted by Crippen LogP contribution is -2.56. The number of hydrogen-bond donors (Lipinski definition) is 2. The van der Waals surface area contributed by atoms with E-state index in [1.165, 1.54) is 24.3 Å². The van der Waals surface area contributed by atoms with E-state index in [-0.39, 0.29) is 29.1 Å². The molecule has 1 unspecified atom stereocenters. The fraction of sp³-hybridized carbons (Fsp3) is 0.579. The standard InChI is InChI=1S/C19H28FN3O2/c1-3-19(4-2,13-21)22-17(24)15-6-5-11-23(12-15)18(25)14-7-9-16(20)10-8-14/h7-10,15H,3-6,11-13,21H2,1-2H3,(H,22,24). The van der Waals surface area contributed by atoms with E-state index in [1.54, 1.807) is 4.90 Å². The zero-order valence-corrected chi connectivity index (χ0v) is 15.1. The van der Waals surface area contributed by atoms with Crippen molar-refractivity contribution in [3.8, 4) is 0 Å². The van der Waals surface area contributed by atoms with Crippen molar-refractivity contribution in [2.45, 2.75) is 45.1 Å². The molecule has 1 heterocycles. The largest absolute Gasteiger partial charge is 0.349 e. The van der Waals surface area contributed by atoms with Crippen LogP contribution in [0.2, 0.25) is 0 Å². The normalized spacial score (nSPS) is 18.1. The molecule has 1 saturated heterocycles. The van der Waals surface area contributed by atoms with Crippen LogP contribution in [0.25, 0.3) is 0 Å². The van der Waals surface area contributed by atoms with Gasteiger partial charge in [-0.05, 0) is 49.9 Å². The molecule has 3 N–H and O–H groups in total. The highest BCUT2D eigenvalue weighted by molar-refractivity contribution is 5.94. The van der Waals surface area contributed by atoms with Gasteiger partial charge in [-0.15, -0.1) is 0 Å². The molecule has 2 amide bonds. The molecule has 1 aromatic rings. The molecule has 1 aliphatic rings. The average molecular weight is 349 g/mol. The monoisotopic (exact) mass is 349 g/mol. The Bertz CT molecular complexity index is 591. The van der Waals surface area contributed by atoms with E-state index in [4.69, 9.17) is 5.73 Å². The predicted octanol–water partition coefficient (Wildman–Crippen LogP) is 2.31. The van der Waals surface area contributed by atoms with Crippen molar-refractivity contribution in [2.75, 3.05) is 19.6 Å². The van der Waals surface area contributed by atoms with Crippen molar-refractivity contribution in [1.29, 1.82) is 0 Å². The van der Waals surface area contributed by atoms with Crippen LogP contribution in [0, 0.1) is 11.7 Å². The first-order valence-corrected chi connectivity index (χ1v) is 9.01. The molecular formula is C19H28FN3O2. The second-order valence-corrected chi connectivity index (χ2v) is 6.78. The second-order valence-electron chi connectivity index (χ2n) is 6.78. The van der Waals surface area contributed by atoms with Crippen molar-refractivity contribution >= 4 is 11.8 Å². The van der Waals surface area contributed by atoms with E-state index < -0.39 is 0 Å². The molecule has 1 aromatic carbocycles. The van der Waals surface area contributed by atoms with Crippen molar-refractivity contribution < 1.29 is 14.0 Å². The SMILES string of the molecule is CCC(CC)(CN)NC(=O)C1CCCN(C(=O)c2ccc(F)cc2)C1. The van der Waals surface area contributed by atoms with Gasteiger partial charge in [-0.3, -0.25) is 9.59 Å². The smallest absolute Gasteiger partial charge is 0.253 e. The molecule has 1 atom stereocenters. The van der Waals surface area contributed by atoms with Gasteiger partial charge in [-0.25, -0.2) is 4.39 Å². The number of rotatable bonds is 6. The summed E-state index contributed by atoms with van der Waals surface area (Å²) in [4.78, 5) is 27.0. The lowest BCUT2D eigenvalue weighted by atomic mass is 9.90. The highest BCUT2D eigenvalue weighted by Crippen LogP contribution is 2.21. The van der Waals surface area contributed by atoms with E-state index in [0.29, 0.717) is 25.2 Å². The van der Waals surface area contributed by atoms with Crippen molar-refractivity contribution in [3.63, 3.8) is 0 Å². The van der Waals surface area contributed by atoms with Crippen LogP contribution in [0.3, 0.4) is 0 Å². The molecule has 6 heteroatoms. The number of hydrogen-bond acceptors (Lipinski definition) is 3. The molecule has 5 nitrogen and oxygen atoms in total. The lowest BCUT2D eigenvalue weighted by Gasteiger charge is -2.36. The molecular weight excluding hydrogens is 321 g/mol. The fourth-order valence-electron chi connectivity index (χ4n) is 3.28. The zero-order valence-electron chi connectivity index (χ0n) is 15.1. The first-order valence-electron chi connectivity index (χ1n) is 9.01. The molecule has 0 radical (unpaired) electrons. The Morgan fingerprint density at radius 1 is 1.28 bits per heavy atom. The van der Waals surface area contributed by atoms with Gasteiger partial charge >= 0.3 is 0 Å². The topological polar surface area (TPSA) is 75.4 Å². The van der Waals surface area contributed by atoms with Crippen LogP contribution >= 0.6 is 0 Å². The minimum absolute atomic E-state index is 0.0363. The van der Waals surface area contributed by atoms with Gasteiger partial charge in [0.1, 0.15) is 5.82 Å². The quantitative estimate of drug-likeness (QED) is 0.827. The first-order chi connectivity index (χ1) is 11.9. The Kier molecular flexibility index (Phi) is 6.53. The molecule has 25 heavy (non-hydrogen) atoms. The lowest BCUT2D eigenvalue weighted by molar-refractivity contribution is -0.128.